The summed E-state index contributed by atoms with van der Waals surface area (Å²) in [7, 11) is 0. The third-order valence-electron chi connectivity index (χ3n) is 8.07. The van der Waals surface area contributed by atoms with Gasteiger partial charge < -0.3 is 9.13 Å². The van der Waals surface area contributed by atoms with Crippen molar-refractivity contribution in [3.8, 4) is 11.1 Å². The first-order valence-corrected chi connectivity index (χ1v) is 13.6. The quantitative estimate of drug-likeness (QED) is 0.231. The summed E-state index contributed by atoms with van der Waals surface area (Å²) in [5, 5.41) is 4.90. The van der Waals surface area contributed by atoms with Crippen LogP contribution in [0.25, 0.3) is 54.7 Å². The number of hydrogen-bond acceptors (Lipinski definition) is 2. The standard InChI is InChI=1S/C36H26N4/c1-3-7-33-29(5-1)31-21-37-19-17-35(31)39(33)23-25-9-13-27(14-10-25)28-15-11-26(12-16-28)24-40-34-8-4-2-6-30(34)32-22-38-20-18-36(32)40/h1-22H,23-24H2. The molecule has 0 N–H and O–H groups in total. The van der Waals surface area contributed by atoms with Crippen LogP contribution in [0.3, 0.4) is 0 Å². The highest BCUT2D eigenvalue weighted by molar-refractivity contribution is 6.08. The zero-order valence-corrected chi connectivity index (χ0v) is 21.9. The minimum absolute atomic E-state index is 0.821. The summed E-state index contributed by atoms with van der Waals surface area (Å²) >= 11 is 0. The van der Waals surface area contributed by atoms with Gasteiger partial charge >= 0.3 is 0 Å². The van der Waals surface area contributed by atoms with Gasteiger partial charge in [-0.25, -0.2) is 0 Å². The second-order valence-corrected chi connectivity index (χ2v) is 10.4. The predicted octanol–water partition coefficient (Wildman–Crippen LogP) is 8.46. The molecule has 190 valence electrons. The van der Waals surface area contributed by atoms with E-state index in [0.29, 0.717) is 0 Å². The first-order chi connectivity index (χ1) is 19.8. The van der Waals surface area contributed by atoms with Gasteiger partial charge in [-0.1, -0.05) is 84.9 Å². The maximum atomic E-state index is 4.36. The van der Waals surface area contributed by atoms with Crippen LogP contribution >= 0.6 is 0 Å². The number of fused-ring (bicyclic) bond motifs is 6. The van der Waals surface area contributed by atoms with Crippen LogP contribution in [0.4, 0.5) is 0 Å². The average Bonchev–Trinajstić information content (AvgIpc) is 3.51. The van der Waals surface area contributed by atoms with Gasteiger partial charge in [-0.15, -0.1) is 0 Å². The third-order valence-corrected chi connectivity index (χ3v) is 8.07. The Morgan fingerprint density at radius 2 is 0.800 bits per heavy atom. The molecule has 0 amide bonds. The first kappa shape index (κ1) is 22.7. The monoisotopic (exact) mass is 514 g/mol. The van der Waals surface area contributed by atoms with E-state index in [9.17, 15) is 0 Å². The molecular weight excluding hydrogens is 488 g/mol. The van der Waals surface area contributed by atoms with Crippen LogP contribution in [0.2, 0.25) is 0 Å². The van der Waals surface area contributed by atoms with Crippen LogP contribution in [0.1, 0.15) is 11.1 Å². The van der Waals surface area contributed by atoms with Gasteiger partial charge in [-0.3, -0.25) is 9.97 Å². The Kier molecular flexibility index (Phi) is 5.23. The van der Waals surface area contributed by atoms with E-state index >= 15 is 0 Å². The maximum absolute atomic E-state index is 4.36. The van der Waals surface area contributed by atoms with Crippen molar-refractivity contribution < 1.29 is 0 Å². The van der Waals surface area contributed by atoms with Crippen molar-refractivity contribution in [1.82, 2.24) is 19.1 Å². The van der Waals surface area contributed by atoms with Gasteiger partial charge in [0.2, 0.25) is 0 Å². The number of aromatic nitrogens is 4. The molecule has 0 atom stereocenters. The van der Waals surface area contributed by atoms with E-state index < -0.39 is 0 Å². The lowest BCUT2D eigenvalue weighted by atomic mass is 10.0. The minimum atomic E-state index is 0.821. The van der Waals surface area contributed by atoms with Gasteiger partial charge in [0.1, 0.15) is 0 Å². The minimum Gasteiger partial charge on any atom is -0.336 e. The zero-order chi connectivity index (χ0) is 26.5. The Balaban J connectivity index is 1.07. The molecule has 0 fully saturated rings. The molecule has 0 spiro atoms. The van der Waals surface area contributed by atoms with Gasteiger partial charge in [-0.05, 0) is 46.5 Å². The van der Waals surface area contributed by atoms with Crippen molar-refractivity contribution in [3.63, 3.8) is 0 Å². The van der Waals surface area contributed by atoms with Crippen molar-refractivity contribution >= 4 is 43.6 Å². The molecule has 8 rings (SSSR count). The molecule has 0 unspecified atom stereocenters. The molecule has 0 aliphatic carbocycles. The average molecular weight is 515 g/mol. The molecule has 0 saturated carbocycles. The fraction of sp³-hybridized carbons (Fsp3) is 0.0556. The molecule has 0 radical (unpaired) electrons. The highest BCUT2D eigenvalue weighted by atomic mass is 15.0. The lowest BCUT2D eigenvalue weighted by Crippen LogP contribution is -2.00. The van der Waals surface area contributed by atoms with E-state index in [2.05, 4.69) is 128 Å². The maximum Gasteiger partial charge on any atom is 0.0525 e. The van der Waals surface area contributed by atoms with Crippen LogP contribution < -0.4 is 0 Å². The lowest BCUT2D eigenvalue weighted by molar-refractivity contribution is 0.868. The van der Waals surface area contributed by atoms with E-state index in [1.807, 2.05) is 24.8 Å². The van der Waals surface area contributed by atoms with Crippen molar-refractivity contribution in [2.45, 2.75) is 13.1 Å². The molecule has 4 heterocycles. The molecule has 4 aromatic heterocycles. The second-order valence-electron chi connectivity index (χ2n) is 10.4. The number of benzene rings is 4. The van der Waals surface area contributed by atoms with Crippen LogP contribution in [0.5, 0.6) is 0 Å². The fourth-order valence-corrected chi connectivity index (χ4v) is 6.10. The van der Waals surface area contributed by atoms with E-state index in [1.165, 1.54) is 65.9 Å². The molecule has 0 aliphatic rings. The Bertz CT molecular complexity index is 1890. The highest BCUT2D eigenvalue weighted by Crippen LogP contribution is 2.31. The summed E-state index contributed by atoms with van der Waals surface area (Å²) in [5.41, 5.74) is 9.93. The van der Waals surface area contributed by atoms with E-state index in [4.69, 9.17) is 0 Å². The van der Waals surface area contributed by atoms with E-state index in [-0.39, 0.29) is 0 Å². The van der Waals surface area contributed by atoms with Gasteiger partial charge in [0.25, 0.3) is 0 Å². The van der Waals surface area contributed by atoms with Crippen molar-refractivity contribution in [2.24, 2.45) is 0 Å². The van der Waals surface area contributed by atoms with Gasteiger partial charge in [0, 0.05) is 70.5 Å². The van der Waals surface area contributed by atoms with Crippen molar-refractivity contribution in [2.75, 3.05) is 0 Å². The SMILES string of the molecule is c1ccc2c(c1)c1cnccc1n2Cc1ccc(-c2ccc(Cn3c4ccccc4c4cnccc43)cc2)cc1. The van der Waals surface area contributed by atoms with Crippen LogP contribution in [0.15, 0.2) is 134 Å². The predicted molar refractivity (Wildman–Crippen MR) is 165 cm³/mol. The molecule has 4 nitrogen and oxygen atoms in total. The zero-order valence-electron chi connectivity index (χ0n) is 21.9. The molecule has 0 aliphatic heterocycles. The molecule has 4 heteroatoms. The topological polar surface area (TPSA) is 35.6 Å². The normalized spacial score (nSPS) is 11.7. The third kappa shape index (κ3) is 3.69. The fourth-order valence-electron chi connectivity index (χ4n) is 6.10. The smallest absolute Gasteiger partial charge is 0.0525 e. The highest BCUT2D eigenvalue weighted by Gasteiger charge is 2.12. The molecular formula is C36H26N4. The Labute approximate surface area is 231 Å². The summed E-state index contributed by atoms with van der Waals surface area (Å²) in [6.07, 6.45) is 7.70. The number of hydrogen-bond donors (Lipinski definition) is 0. The lowest BCUT2D eigenvalue weighted by Gasteiger charge is -2.10. The number of rotatable bonds is 5. The van der Waals surface area contributed by atoms with Gasteiger partial charge in [0.15, 0.2) is 0 Å². The number of pyridine rings is 2. The molecule has 0 saturated heterocycles. The second kappa shape index (κ2) is 9.21. The van der Waals surface area contributed by atoms with Crippen LogP contribution in [-0.4, -0.2) is 19.1 Å². The summed E-state index contributed by atoms with van der Waals surface area (Å²) in [5.74, 6) is 0. The van der Waals surface area contributed by atoms with Crippen LogP contribution in [-0.2, 0) is 13.1 Å². The Morgan fingerprint density at radius 1 is 0.400 bits per heavy atom. The number of nitrogens with zero attached hydrogens (tertiary/aromatic N) is 4. The van der Waals surface area contributed by atoms with Gasteiger partial charge in [0.05, 0.1) is 11.0 Å². The first-order valence-electron chi connectivity index (χ1n) is 13.6. The Hall–Kier alpha value is -5.22. The summed E-state index contributed by atoms with van der Waals surface area (Å²) in [4.78, 5) is 8.73. The molecule has 40 heavy (non-hydrogen) atoms. The van der Waals surface area contributed by atoms with Crippen molar-refractivity contribution in [3.05, 3.63) is 145 Å². The summed E-state index contributed by atoms with van der Waals surface area (Å²) < 4.78 is 4.78. The summed E-state index contributed by atoms with van der Waals surface area (Å²) in [6, 6.07) is 39.3. The van der Waals surface area contributed by atoms with E-state index in [1.54, 1.807) is 0 Å². The summed E-state index contributed by atoms with van der Waals surface area (Å²) in [6.45, 7) is 1.64. The van der Waals surface area contributed by atoms with Gasteiger partial charge in [-0.2, -0.15) is 0 Å². The van der Waals surface area contributed by atoms with Crippen molar-refractivity contribution in [1.29, 1.82) is 0 Å². The van der Waals surface area contributed by atoms with Crippen LogP contribution in [0, 0.1) is 0 Å². The molecule has 8 aromatic rings. The Morgan fingerprint density at radius 3 is 1.25 bits per heavy atom. The molecule has 4 aromatic carbocycles. The molecule has 0 bridgehead atoms. The number of para-hydroxylation sites is 2. The van der Waals surface area contributed by atoms with E-state index in [0.717, 1.165) is 13.1 Å². The largest absolute Gasteiger partial charge is 0.336 e.